The standard InChI is InChI=1S/C8H12N.C6H8N.C6H16N.C5H11N.2C4H10.W/c1-8(2)9-6-4-3-5-7-9;1-7-5-3-2-4-6-7;1-6(2)7(3,4)5;1-4-6(3)5-2;2*1-4(2)3;/h3-8H,1-2H3;2-6H,1H3;6H,1-5H3;1-2,4-5H2,3H3;2*4H,1-3H3;/q3*+1;-2;;;+2/p+1. The Hall–Kier alpha value is -1.09. The van der Waals surface area contributed by atoms with Gasteiger partial charge in [0.2, 0.25) is 0 Å². The number of aryl methyl sites for hydroxylation is 1. The Morgan fingerprint density at radius 3 is 1.00 bits per heavy atom. The first-order chi connectivity index (χ1) is 16.9. The zero-order valence-corrected chi connectivity index (χ0v) is 31.1. The third-order valence-electron chi connectivity index (χ3n) is 4.60. The van der Waals surface area contributed by atoms with Crippen LogP contribution in [-0.4, -0.2) is 51.8 Å². The first-order valence-electron chi connectivity index (χ1n) is 14.0. The van der Waals surface area contributed by atoms with E-state index in [1.807, 2.05) is 60.4 Å². The molecule has 0 bridgehead atoms. The fourth-order valence-electron chi connectivity index (χ4n) is 1.37. The van der Waals surface area contributed by atoms with Crippen LogP contribution in [0.1, 0.15) is 75.3 Å². The average Bonchev–Trinajstić information content (AvgIpc) is 2.79. The fraction of sp³-hybridized carbons (Fsp3) is 0.636. The molecule has 1 N–H and O–H groups in total. The van der Waals surface area contributed by atoms with Gasteiger partial charge in [-0.1, -0.05) is 53.7 Å². The molecule has 4 nitrogen and oxygen atoms in total. The molecule has 38 heavy (non-hydrogen) atoms. The average molecular weight is 705 g/mol. The summed E-state index contributed by atoms with van der Waals surface area (Å²) in [4.78, 5) is 1.37. The Morgan fingerprint density at radius 1 is 0.632 bits per heavy atom. The Kier molecular flexibility index (Phi) is 37.5. The Balaban J connectivity index is -0.000000117. The van der Waals surface area contributed by atoms with E-state index in [1.54, 1.807) is 0 Å². The SMILES string of the molecule is CC(C)C.CC(C)C.CC(C)[N+](C)(C)C.CC(C)[n+]1ccccc1.C[n+]1ccccc1.[CH2-]C[NH+](C)C[CH2-].[W+2]. The van der Waals surface area contributed by atoms with Crippen LogP contribution in [0.4, 0.5) is 0 Å². The molecular weight excluding hydrogens is 636 g/mol. The molecule has 0 aliphatic carbocycles. The minimum Gasteiger partial charge on any atom is -0.387 e. The maximum Gasteiger partial charge on any atom is 2.00 e. The number of pyridine rings is 2. The van der Waals surface area contributed by atoms with Crippen molar-refractivity contribution < 1.29 is 39.6 Å². The Morgan fingerprint density at radius 2 is 0.895 bits per heavy atom. The van der Waals surface area contributed by atoms with E-state index in [0.717, 1.165) is 35.5 Å². The molecule has 0 aliphatic rings. The summed E-state index contributed by atoms with van der Waals surface area (Å²) in [6.07, 6.45) is 8.15. The van der Waals surface area contributed by atoms with Gasteiger partial charge in [-0.05, 0) is 52.6 Å². The van der Waals surface area contributed by atoms with Crippen molar-refractivity contribution >= 4 is 0 Å². The van der Waals surface area contributed by atoms with E-state index in [9.17, 15) is 0 Å². The van der Waals surface area contributed by atoms with Crippen LogP contribution in [0.2, 0.25) is 0 Å². The zero-order valence-electron chi connectivity index (χ0n) is 28.2. The second kappa shape index (κ2) is 30.4. The van der Waals surface area contributed by atoms with Crippen LogP contribution in [-0.2, 0) is 28.1 Å². The van der Waals surface area contributed by atoms with Gasteiger partial charge in [0.15, 0.2) is 30.8 Å². The molecule has 0 spiro atoms. The molecule has 2 aromatic rings. The van der Waals surface area contributed by atoms with Crippen LogP contribution in [0.15, 0.2) is 61.2 Å². The largest absolute Gasteiger partial charge is 2.00 e. The summed E-state index contributed by atoms with van der Waals surface area (Å²) in [6.45, 7) is 31.0. The van der Waals surface area contributed by atoms with Gasteiger partial charge in [0.05, 0.1) is 34.2 Å². The van der Waals surface area contributed by atoms with E-state index in [4.69, 9.17) is 0 Å². The molecule has 0 fully saturated rings. The quantitative estimate of drug-likeness (QED) is 0.240. The Bertz CT molecular complexity index is 651. The van der Waals surface area contributed by atoms with Gasteiger partial charge in [-0.3, -0.25) is 13.8 Å². The van der Waals surface area contributed by atoms with Crippen LogP contribution in [0.3, 0.4) is 0 Å². The predicted molar refractivity (Wildman–Crippen MR) is 166 cm³/mol. The molecule has 0 amide bonds. The van der Waals surface area contributed by atoms with Gasteiger partial charge < -0.3 is 9.38 Å². The second-order valence-corrected chi connectivity index (χ2v) is 12.1. The summed E-state index contributed by atoms with van der Waals surface area (Å²) >= 11 is 0. The van der Waals surface area contributed by atoms with E-state index >= 15 is 0 Å². The molecule has 0 aromatic carbocycles. The summed E-state index contributed by atoms with van der Waals surface area (Å²) in [5, 5.41) is 0. The van der Waals surface area contributed by atoms with Crippen LogP contribution < -0.4 is 14.0 Å². The van der Waals surface area contributed by atoms with Crippen LogP contribution >= 0.6 is 0 Å². The smallest absolute Gasteiger partial charge is 0.387 e. The predicted octanol–water partition coefficient (Wildman–Crippen LogP) is 5.66. The maximum absolute atomic E-state index is 3.68. The minimum atomic E-state index is 0. The maximum atomic E-state index is 3.68. The molecule has 0 aliphatic heterocycles. The molecule has 0 atom stereocenters. The summed E-state index contributed by atoms with van der Waals surface area (Å²) in [5.74, 6) is 1.67. The van der Waals surface area contributed by atoms with E-state index in [2.05, 4.69) is 128 Å². The monoisotopic (exact) mass is 704 g/mol. The van der Waals surface area contributed by atoms with E-state index in [-0.39, 0.29) is 21.1 Å². The van der Waals surface area contributed by atoms with Crippen molar-refractivity contribution in [3.63, 3.8) is 0 Å². The minimum absolute atomic E-state index is 0. The van der Waals surface area contributed by atoms with Crippen molar-refractivity contribution in [2.45, 2.75) is 81.3 Å². The normalized spacial score (nSPS) is 9.84. The Labute approximate surface area is 255 Å². The van der Waals surface area contributed by atoms with Gasteiger partial charge in [0.25, 0.3) is 0 Å². The zero-order chi connectivity index (χ0) is 30.0. The molecule has 0 saturated heterocycles. The summed E-state index contributed by atoms with van der Waals surface area (Å²) in [7, 11) is 10.7. The van der Waals surface area contributed by atoms with E-state index in [1.165, 1.54) is 4.90 Å². The third-order valence-corrected chi connectivity index (χ3v) is 4.60. The molecule has 0 radical (unpaired) electrons. The van der Waals surface area contributed by atoms with Crippen molar-refractivity contribution in [3.8, 4) is 0 Å². The number of nitrogens with one attached hydrogen (secondary N) is 1. The second-order valence-electron chi connectivity index (χ2n) is 12.1. The topological polar surface area (TPSA) is 12.2 Å². The summed E-state index contributed by atoms with van der Waals surface area (Å²) in [5.41, 5.74) is 0. The molecule has 5 heteroatoms. The van der Waals surface area contributed by atoms with Gasteiger partial charge in [0, 0.05) is 24.3 Å². The number of hydrogen-bond acceptors (Lipinski definition) is 0. The van der Waals surface area contributed by atoms with Gasteiger partial charge in [-0.25, -0.2) is 9.13 Å². The molecule has 0 unspecified atom stereocenters. The van der Waals surface area contributed by atoms with Crippen molar-refractivity contribution in [1.29, 1.82) is 0 Å². The summed E-state index contributed by atoms with van der Waals surface area (Å²) < 4.78 is 5.22. The van der Waals surface area contributed by atoms with Gasteiger partial charge in [0.1, 0.15) is 7.05 Å². The first-order valence-corrected chi connectivity index (χ1v) is 14.0. The number of hydrogen-bond donors (Lipinski definition) is 1. The molecule has 2 rings (SSSR count). The number of aromatic nitrogens is 2. The van der Waals surface area contributed by atoms with Crippen LogP contribution in [0.5, 0.6) is 0 Å². The van der Waals surface area contributed by atoms with Crippen molar-refractivity contribution in [1.82, 2.24) is 0 Å². The van der Waals surface area contributed by atoms with Crippen LogP contribution in [0, 0.1) is 25.7 Å². The van der Waals surface area contributed by atoms with Crippen LogP contribution in [0.25, 0.3) is 0 Å². The molecular formula is C33H68N4W+4. The van der Waals surface area contributed by atoms with E-state index in [0.29, 0.717) is 6.04 Å². The number of rotatable bonds is 4. The number of quaternary nitrogens is 2. The molecule has 222 valence electrons. The first kappa shape index (κ1) is 46.7. The fourth-order valence-corrected chi connectivity index (χ4v) is 1.37. The van der Waals surface area contributed by atoms with Gasteiger partial charge in [-0.15, -0.1) is 0 Å². The van der Waals surface area contributed by atoms with E-state index < -0.39 is 0 Å². The van der Waals surface area contributed by atoms with Crippen molar-refractivity contribution in [3.05, 3.63) is 75.0 Å². The number of nitrogens with zero attached hydrogens (tertiary/aromatic N) is 3. The summed E-state index contributed by atoms with van der Waals surface area (Å²) in [6, 6.07) is 13.4. The van der Waals surface area contributed by atoms with Crippen molar-refractivity contribution in [2.75, 3.05) is 41.3 Å². The van der Waals surface area contributed by atoms with Gasteiger partial charge in [-0.2, -0.15) is 0 Å². The molecule has 2 heterocycles. The molecule has 2 aromatic heterocycles. The third kappa shape index (κ3) is 48.0. The molecule has 0 saturated carbocycles. The van der Waals surface area contributed by atoms with Crippen molar-refractivity contribution in [2.24, 2.45) is 18.9 Å². The van der Waals surface area contributed by atoms with Gasteiger partial charge >= 0.3 is 21.1 Å².